The minimum atomic E-state index is -0.459. The van der Waals surface area contributed by atoms with Gasteiger partial charge >= 0.3 is 6.09 Å². The van der Waals surface area contributed by atoms with E-state index in [0.717, 1.165) is 10.6 Å². The standard InChI is InChI=1S/C10H15N3O2S.C3H8/c1-10(2,3)15-9(14)13-4-6-7(5-13)16-8(11)12-6;1-3-2/h4-5H2,1-3H3,(H2,11,12);3H2,1-2H3. The summed E-state index contributed by atoms with van der Waals surface area (Å²) in [4.78, 5) is 18.6. The maximum absolute atomic E-state index is 11.8. The smallest absolute Gasteiger partial charge is 0.410 e. The second kappa shape index (κ2) is 6.23. The van der Waals surface area contributed by atoms with Crippen LogP contribution in [-0.4, -0.2) is 21.6 Å². The third kappa shape index (κ3) is 4.70. The van der Waals surface area contributed by atoms with Crippen LogP contribution in [0.2, 0.25) is 0 Å². The van der Waals surface area contributed by atoms with Crippen LogP contribution in [0.4, 0.5) is 9.93 Å². The van der Waals surface area contributed by atoms with Gasteiger partial charge in [-0.1, -0.05) is 20.3 Å². The van der Waals surface area contributed by atoms with Crippen molar-refractivity contribution >= 4 is 22.6 Å². The minimum Gasteiger partial charge on any atom is -0.444 e. The Hall–Kier alpha value is -1.30. The number of fused-ring (bicyclic) bond motifs is 1. The predicted molar refractivity (Wildman–Crippen MR) is 78.0 cm³/mol. The van der Waals surface area contributed by atoms with Gasteiger partial charge in [0.15, 0.2) is 5.13 Å². The van der Waals surface area contributed by atoms with E-state index >= 15 is 0 Å². The van der Waals surface area contributed by atoms with Gasteiger partial charge in [0.2, 0.25) is 0 Å². The van der Waals surface area contributed by atoms with Crippen molar-refractivity contribution in [2.75, 3.05) is 5.73 Å². The Morgan fingerprint density at radius 1 is 1.42 bits per heavy atom. The second-order valence-electron chi connectivity index (χ2n) is 5.47. The first-order chi connectivity index (χ1) is 8.76. The molecule has 0 bridgehead atoms. The van der Waals surface area contributed by atoms with Gasteiger partial charge in [0, 0.05) is 0 Å². The van der Waals surface area contributed by atoms with Crippen molar-refractivity contribution in [3.8, 4) is 0 Å². The third-order valence-corrected chi connectivity index (χ3v) is 3.03. The van der Waals surface area contributed by atoms with E-state index in [1.54, 1.807) is 4.90 Å². The normalized spacial score (nSPS) is 13.6. The summed E-state index contributed by atoms with van der Waals surface area (Å²) in [6.45, 7) is 10.9. The number of aromatic nitrogens is 1. The van der Waals surface area contributed by atoms with E-state index in [1.807, 2.05) is 20.8 Å². The molecule has 1 aromatic heterocycles. The van der Waals surface area contributed by atoms with E-state index in [-0.39, 0.29) is 6.09 Å². The van der Waals surface area contributed by atoms with Crippen molar-refractivity contribution in [2.24, 2.45) is 0 Å². The highest BCUT2D eigenvalue weighted by Gasteiger charge is 2.30. The lowest BCUT2D eigenvalue weighted by molar-refractivity contribution is 0.0241. The van der Waals surface area contributed by atoms with Crippen LogP contribution in [-0.2, 0) is 17.8 Å². The molecule has 108 valence electrons. The van der Waals surface area contributed by atoms with Gasteiger partial charge in [-0.2, -0.15) is 0 Å². The number of rotatable bonds is 0. The first-order valence-corrected chi connectivity index (χ1v) is 7.30. The zero-order valence-corrected chi connectivity index (χ0v) is 13.1. The van der Waals surface area contributed by atoms with Gasteiger partial charge in [0.25, 0.3) is 0 Å². The predicted octanol–water partition coefficient (Wildman–Crippen LogP) is 3.39. The minimum absolute atomic E-state index is 0.295. The molecule has 1 aliphatic rings. The summed E-state index contributed by atoms with van der Waals surface area (Å²) in [5.74, 6) is 0. The lowest BCUT2D eigenvalue weighted by Crippen LogP contribution is -2.33. The summed E-state index contributed by atoms with van der Waals surface area (Å²) < 4.78 is 5.29. The molecule has 2 heterocycles. The summed E-state index contributed by atoms with van der Waals surface area (Å²) in [7, 11) is 0. The molecule has 2 N–H and O–H groups in total. The molecule has 0 saturated heterocycles. The lowest BCUT2D eigenvalue weighted by atomic mass is 10.2. The number of amides is 1. The van der Waals surface area contributed by atoms with E-state index in [1.165, 1.54) is 17.8 Å². The van der Waals surface area contributed by atoms with Gasteiger partial charge in [0.05, 0.1) is 23.7 Å². The SMILES string of the molecule is CC(C)(C)OC(=O)N1Cc2nc(N)sc2C1.CCC. The van der Waals surface area contributed by atoms with Gasteiger partial charge in [-0.25, -0.2) is 9.78 Å². The average Bonchev–Trinajstić information content (AvgIpc) is 2.72. The van der Waals surface area contributed by atoms with Gasteiger partial charge in [0.1, 0.15) is 5.60 Å². The Balaban J connectivity index is 0.000000550. The van der Waals surface area contributed by atoms with E-state index in [0.29, 0.717) is 18.2 Å². The second-order valence-corrected chi connectivity index (χ2v) is 6.58. The third-order valence-electron chi connectivity index (χ3n) is 2.12. The quantitative estimate of drug-likeness (QED) is 0.793. The Kier molecular flexibility index (Phi) is 5.17. The molecule has 0 saturated carbocycles. The number of thiazole rings is 1. The van der Waals surface area contributed by atoms with Crippen LogP contribution in [0.3, 0.4) is 0 Å². The van der Waals surface area contributed by atoms with Crippen LogP contribution in [0.5, 0.6) is 0 Å². The number of ether oxygens (including phenoxy) is 1. The van der Waals surface area contributed by atoms with Crippen molar-refractivity contribution in [3.63, 3.8) is 0 Å². The van der Waals surface area contributed by atoms with Crippen molar-refractivity contribution in [1.29, 1.82) is 0 Å². The molecule has 19 heavy (non-hydrogen) atoms. The molecule has 0 aliphatic carbocycles. The van der Waals surface area contributed by atoms with E-state index in [4.69, 9.17) is 10.5 Å². The molecule has 0 spiro atoms. The monoisotopic (exact) mass is 285 g/mol. The summed E-state index contributed by atoms with van der Waals surface area (Å²) in [6.07, 6.45) is 0.955. The van der Waals surface area contributed by atoms with Crippen LogP contribution < -0.4 is 5.73 Å². The summed E-state index contributed by atoms with van der Waals surface area (Å²) in [6, 6.07) is 0. The van der Waals surface area contributed by atoms with Crippen LogP contribution in [0.1, 0.15) is 51.6 Å². The molecular formula is C13H23N3O2S. The van der Waals surface area contributed by atoms with Crippen LogP contribution in [0.15, 0.2) is 0 Å². The molecule has 1 aromatic rings. The highest BCUT2D eigenvalue weighted by Crippen LogP contribution is 2.30. The van der Waals surface area contributed by atoms with Crippen LogP contribution in [0, 0.1) is 0 Å². The number of carbonyl (C=O) groups excluding carboxylic acids is 1. The van der Waals surface area contributed by atoms with Crippen LogP contribution in [0.25, 0.3) is 0 Å². The molecule has 1 aliphatic heterocycles. The number of carbonyl (C=O) groups is 1. The molecule has 0 unspecified atom stereocenters. The van der Waals surface area contributed by atoms with E-state index in [2.05, 4.69) is 18.8 Å². The number of nitrogens with zero attached hydrogens (tertiary/aromatic N) is 2. The molecule has 0 atom stereocenters. The molecule has 0 fully saturated rings. The maximum Gasteiger partial charge on any atom is 0.410 e. The average molecular weight is 285 g/mol. The first kappa shape index (κ1) is 15.8. The highest BCUT2D eigenvalue weighted by molar-refractivity contribution is 7.15. The van der Waals surface area contributed by atoms with E-state index in [9.17, 15) is 4.79 Å². The Morgan fingerprint density at radius 2 is 2.00 bits per heavy atom. The summed E-state index contributed by atoms with van der Waals surface area (Å²) >= 11 is 1.43. The van der Waals surface area contributed by atoms with Crippen molar-refractivity contribution < 1.29 is 9.53 Å². The van der Waals surface area contributed by atoms with Gasteiger partial charge < -0.3 is 10.5 Å². The molecule has 1 amide bonds. The molecule has 5 nitrogen and oxygen atoms in total. The zero-order valence-electron chi connectivity index (χ0n) is 12.3. The van der Waals surface area contributed by atoms with Crippen molar-refractivity contribution in [1.82, 2.24) is 9.88 Å². The number of hydrogen-bond acceptors (Lipinski definition) is 5. The largest absolute Gasteiger partial charge is 0.444 e. The zero-order chi connectivity index (χ0) is 14.6. The number of anilines is 1. The first-order valence-electron chi connectivity index (χ1n) is 6.48. The van der Waals surface area contributed by atoms with Gasteiger partial charge in [-0.15, -0.1) is 11.3 Å². The maximum atomic E-state index is 11.8. The molecule has 0 radical (unpaired) electrons. The topological polar surface area (TPSA) is 68.5 Å². The lowest BCUT2D eigenvalue weighted by Gasteiger charge is -2.24. The highest BCUT2D eigenvalue weighted by atomic mass is 32.1. The van der Waals surface area contributed by atoms with Gasteiger partial charge in [-0.3, -0.25) is 4.90 Å². The molecule has 2 rings (SSSR count). The number of nitrogens with two attached hydrogens (primary N) is 1. The Morgan fingerprint density at radius 3 is 2.47 bits per heavy atom. The van der Waals surface area contributed by atoms with Crippen LogP contribution >= 0.6 is 11.3 Å². The molecular weight excluding hydrogens is 262 g/mol. The fraction of sp³-hybridized carbons (Fsp3) is 0.692. The molecule has 6 heteroatoms. The summed E-state index contributed by atoms with van der Waals surface area (Å²) in [5, 5.41) is 0.564. The fourth-order valence-electron chi connectivity index (χ4n) is 1.52. The fourth-order valence-corrected chi connectivity index (χ4v) is 2.37. The molecule has 0 aromatic carbocycles. The Labute approximate surface area is 118 Å². The summed E-state index contributed by atoms with van der Waals surface area (Å²) in [5.41, 5.74) is 6.02. The number of hydrogen-bond donors (Lipinski definition) is 1. The van der Waals surface area contributed by atoms with E-state index < -0.39 is 5.60 Å². The Bertz CT molecular complexity index is 414. The van der Waals surface area contributed by atoms with Gasteiger partial charge in [-0.05, 0) is 20.8 Å². The van der Waals surface area contributed by atoms with Crippen molar-refractivity contribution in [2.45, 2.75) is 59.7 Å². The van der Waals surface area contributed by atoms with Crippen molar-refractivity contribution in [3.05, 3.63) is 10.6 Å². The number of nitrogen functional groups attached to an aromatic ring is 1.